The van der Waals surface area contributed by atoms with Crippen molar-refractivity contribution in [1.29, 1.82) is 0 Å². The fourth-order valence-corrected chi connectivity index (χ4v) is 6.37. The summed E-state index contributed by atoms with van der Waals surface area (Å²) in [5.41, 5.74) is 2.31. The van der Waals surface area contributed by atoms with Crippen molar-refractivity contribution in [3.63, 3.8) is 0 Å². The van der Waals surface area contributed by atoms with E-state index >= 15 is 0 Å². The predicted molar refractivity (Wildman–Crippen MR) is 179 cm³/mol. The molecule has 0 bridgehead atoms. The molecule has 55 heavy (non-hydrogen) atoms. The van der Waals surface area contributed by atoms with Gasteiger partial charge in [0.25, 0.3) is 5.91 Å². The zero-order chi connectivity index (χ0) is 40.1. The van der Waals surface area contributed by atoms with Crippen LogP contribution < -0.4 is 5.73 Å². The maximum absolute atomic E-state index is 14.8. The third kappa shape index (κ3) is 8.13. The normalized spacial score (nSPS) is 18.6. The first kappa shape index (κ1) is 39.6. The molecule has 0 spiro atoms. The number of rotatable bonds is 13. The average Bonchev–Trinajstić information content (AvgIpc) is 3.51. The van der Waals surface area contributed by atoms with Crippen LogP contribution in [0, 0.1) is 5.41 Å². The summed E-state index contributed by atoms with van der Waals surface area (Å²) in [6.07, 6.45) is -8.94. The number of aromatic nitrogens is 6. The van der Waals surface area contributed by atoms with Crippen LogP contribution in [0.25, 0.3) is 22.6 Å². The summed E-state index contributed by atoms with van der Waals surface area (Å²) in [5.74, 6) is -3.47. The lowest BCUT2D eigenvalue weighted by Gasteiger charge is -2.37. The number of esters is 1. The van der Waals surface area contributed by atoms with Crippen LogP contribution in [0.2, 0.25) is 5.02 Å². The summed E-state index contributed by atoms with van der Waals surface area (Å²) < 4.78 is 115. The highest BCUT2D eigenvalue weighted by Gasteiger charge is 2.59. The monoisotopic (exact) mass is 801 g/mol. The largest absolute Gasteiger partial charge is 0.463 e. The summed E-state index contributed by atoms with van der Waals surface area (Å²) in [4.78, 5) is 37.9. The van der Waals surface area contributed by atoms with E-state index in [0.717, 1.165) is 37.9 Å². The van der Waals surface area contributed by atoms with Gasteiger partial charge in [0, 0.05) is 11.1 Å². The topological polar surface area (TPSA) is 146 Å². The number of aliphatic imine (C=N–C) groups is 1. The third-order valence-corrected chi connectivity index (χ3v) is 9.66. The second-order valence-electron chi connectivity index (χ2n) is 13.8. The summed E-state index contributed by atoms with van der Waals surface area (Å²) >= 11 is 6.35. The van der Waals surface area contributed by atoms with Crippen molar-refractivity contribution < 1.29 is 49.4 Å². The summed E-state index contributed by atoms with van der Waals surface area (Å²) in [6.45, 7) is -2.29. The lowest BCUT2D eigenvalue weighted by molar-refractivity contribution is -0.218. The number of hydrogen-bond acceptors (Lipinski definition) is 9. The minimum Gasteiger partial charge on any atom is -0.463 e. The van der Waals surface area contributed by atoms with E-state index in [0.29, 0.717) is 11.3 Å². The van der Waals surface area contributed by atoms with Crippen LogP contribution in [0.1, 0.15) is 75.7 Å². The van der Waals surface area contributed by atoms with Crippen LogP contribution in [0.3, 0.4) is 0 Å². The number of amides is 1. The minimum atomic E-state index is -4.85. The second kappa shape index (κ2) is 14.5. The first-order valence-electron chi connectivity index (χ1n) is 16.7. The van der Waals surface area contributed by atoms with Crippen molar-refractivity contribution in [1.82, 2.24) is 34.7 Å². The van der Waals surface area contributed by atoms with Crippen molar-refractivity contribution in [2.75, 3.05) is 6.61 Å². The van der Waals surface area contributed by atoms with Crippen LogP contribution >= 0.6 is 11.6 Å². The number of carbonyl (C=O) groups excluding carboxylic acids is 2. The van der Waals surface area contributed by atoms with Gasteiger partial charge in [-0.2, -0.15) is 59.9 Å². The van der Waals surface area contributed by atoms with E-state index in [1.807, 2.05) is 0 Å². The Hall–Kier alpha value is -5.14. The zero-order valence-corrected chi connectivity index (χ0v) is 29.7. The molecule has 2 atom stereocenters. The van der Waals surface area contributed by atoms with E-state index < -0.39 is 85.4 Å². The molecule has 2 aliphatic rings. The lowest BCUT2D eigenvalue weighted by Crippen LogP contribution is -2.49. The number of nitrogens with two attached hydrogens (primary N) is 1. The van der Waals surface area contributed by atoms with Gasteiger partial charge in [0.2, 0.25) is 0 Å². The van der Waals surface area contributed by atoms with Crippen molar-refractivity contribution in [2.24, 2.45) is 16.1 Å². The Labute approximate surface area is 312 Å². The Balaban J connectivity index is 1.43. The number of ether oxygens (including phenoxy) is 1. The van der Waals surface area contributed by atoms with Crippen molar-refractivity contribution >= 4 is 29.4 Å². The van der Waals surface area contributed by atoms with Gasteiger partial charge in [-0.1, -0.05) is 55.8 Å². The number of carbonyl (C=O) groups is 2. The molecule has 1 aliphatic heterocycles. The molecule has 21 heteroatoms. The van der Waals surface area contributed by atoms with Gasteiger partial charge in [-0.05, 0) is 42.5 Å². The standard InChI is InChI=1S/C34H32ClF8N9O3/c1-31(2,34(41,42)43)16-32(20-6-3-18(4-7-20)24-14-46-52(49-24)21-8-9-21)28(54)50(30(44)48-32)25(15-55-26(53)11-12-33(38,39)40)19-5-10-23(35)22(13-19)27-45-17-47-51(27)29(36)37/h3-7,10,13-14,17,21,25,29H,8-9,11-12,15-16H2,1-2H3,(H2,44,48)/t25-,32-/m1/s1. The zero-order valence-electron chi connectivity index (χ0n) is 29.0. The quantitative estimate of drug-likeness (QED) is 0.108. The summed E-state index contributed by atoms with van der Waals surface area (Å²) in [6, 6.07) is 8.17. The van der Waals surface area contributed by atoms with Crippen molar-refractivity contribution in [3.05, 3.63) is 71.1 Å². The third-order valence-electron chi connectivity index (χ3n) is 9.33. The molecule has 1 saturated carbocycles. The Kier molecular flexibility index (Phi) is 10.4. The molecule has 294 valence electrons. The van der Waals surface area contributed by atoms with Crippen LogP contribution in [0.5, 0.6) is 0 Å². The molecule has 3 heterocycles. The van der Waals surface area contributed by atoms with Gasteiger partial charge >= 0.3 is 24.9 Å². The molecule has 1 fully saturated rings. The van der Waals surface area contributed by atoms with Crippen LogP contribution in [-0.4, -0.2) is 71.5 Å². The molecular weight excluding hydrogens is 770 g/mol. The fraction of sp³-hybridized carbons (Fsp3) is 0.441. The summed E-state index contributed by atoms with van der Waals surface area (Å²) in [7, 11) is 0. The van der Waals surface area contributed by atoms with Crippen LogP contribution in [0.15, 0.2) is 60.0 Å². The van der Waals surface area contributed by atoms with Crippen molar-refractivity contribution in [3.8, 4) is 22.6 Å². The first-order chi connectivity index (χ1) is 25.7. The molecular formula is C34H32ClF8N9O3. The smallest absolute Gasteiger partial charge is 0.394 e. The Morgan fingerprint density at radius 3 is 2.36 bits per heavy atom. The highest BCUT2D eigenvalue weighted by atomic mass is 35.5. The van der Waals surface area contributed by atoms with E-state index in [4.69, 9.17) is 22.1 Å². The minimum absolute atomic E-state index is 0.00126. The Morgan fingerprint density at radius 1 is 1.05 bits per heavy atom. The highest BCUT2D eigenvalue weighted by molar-refractivity contribution is 6.33. The second-order valence-corrected chi connectivity index (χ2v) is 14.2. The molecule has 1 amide bonds. The van der Waals surface area contributed by atoms with Gasteiger partial charge in [0.15, 0.2) is 17.3 Å². The van der Waals surface area contributed by atoms with Gasteiger partial charge < -0.3 is 10.5 Å². The SMILES string of the molecule is CC(C)(C[C@]1(c2ccc(-c3cnn(C4CC4)n3)cc2)N=C(N)N([C@H](COC(=O)CCC(F)(F)F)c2ccc(Cl)c(-c3ncnn3C(F)F)c2)C1=O)C(F)(F)F. The van der Waals surface area contributed by atoms with Crippen LogP contribution in [-0.2, 0) is 19.9 Å². The molecule has 0 saturated heterocycles. The van der Waals surface area contributed by atoms with Gasteiger partial charge in [0.05, 0.1) is 41.6 Å². The van der Waals surface area contributed by atoms with Gasteiger partial charge in [0.1, 0.15) is 18.6 Å². The number of halogens is 9. The van der Waals surface area contributed by atoms with Crippen LogP contribution in [0.4, 0.5) is 35.1 Å². The summed E-state index contributed by atoms with van der Waals surface area (Å²) in [5, 5.41) is 12.1. The number of hydrogen-bond donors (Lipinski definition) is 1. The first-order valence-corrected chi connectivity index (χ1v) is 17.1. The predicted octanol–water partition coefficient (Wildman–Crippen LogP) is 7.54. The van der Waals surface area contributed by atoms with E-state index in [-0.39, 0.29) is 32.4 Å². The molecule has 1 aliphatic carbocycles. The Bertz CT molecular complexity index is 2100. The molecule has 4 aromatic rings. The molecule has 0 radical (unpaired) electrons. The molecule has 12 nitrogen and oxygen atoms in total. The number of nitrogens with zero attached hydrogens (tertiary/aromatic N) is 8. The van der Waals surface area contributed by atoms with E-state index in [1.165, 1.54) is 48.7 Å². The Morgan fingerprint density at radius 2 is 1.75 bits per heavy atom. The van der Waals surface area contributed by atoms with E-state index in [9.17, 15) is 44.7 Å². The highest BCUT2D eigenvalue weighted by Crippen LogP contribution is 2.51. The maximum atomic E-state index is 14.8. The van der Waals surface area contributed by atoms with Gasteiger partial charge in [-0.3, -0.25) is 14.5 Å². The molecule has 0 unspecified atom stereocenters. The van der Waals surface area contributed by atoms with Crippen molar-refractivity contribution in [2.45, 2.75) is 82.5 Å². The number of alkyl halides is 8. The van der Waals surface area contributed by atoms with E-state index in [1.54, 1.807) is 4.80 Å². The molecule has 6 rings (SSSR count). The number of benzene rings is 2. The van der Waals surface area contributed by atoms with Gasteiger partial charge in [-0.25, -0.2) is 9.98 Å². The molecule has 2 aromatic heterocycles. The van der Waals surface area contributed by atoms with Gasteiger partial charge in [-0.15, -0.1) is 0 Å². The average molecular weight is 802 g/mol. The fourth-order valence-electron chi connectivity index (χ4n) is 6.17. The maximum Gasteiger partial charge on any atom is 0.394 e. The molecule has 2 N–H and O–H groups in total. The lowest BCUT2D eigenvalue weighted by atomic mass is 9.74. The van der Waals surface area contributed by atoms with E-state index in [2.05, 4.69) is 25.3 Å². The molecule has 2 aromatic carbocycles. The number of guanidine groups is 1.